The maximum Gasteiger partial charge on any atom is 0.279 e. The number of nitro groups is 2. The minimum atomic E-state index is -0.834. The molecule has 0 saturated carbocycles. The Morgan fingerprint density at radius 3 is 2.45 bits per heavy atom. The molecule has 0 atom stereocenters. The molecule has 1 amide bonds. The van der Waals surface area contributed by atoms with Crippen molar-refractivity contribution < 1.29 is 19.0 Å². The van der Waals surface area contributed by atoms with Gasteiger partial charge in [-0.2, -0.15) is 4.68 Å². The van der Waals surface area contributed by atoms with E-state index in [1.807, 2.05) is 0 Å². The normalized spacial score (nSPS) is 10.6. The number of carbonyl (C=O) groups excluding carboxylic acids is 1. The van der Waals surface area contributed by atoms with E-state index in [1.54, 1.807) is 6.92 Å². The van der Waals surface area contributed by atoms with E-state index in [2.05, 4.69) is 20.8 Å². The van der Waals surface area contributed by atoms with Crippen LogP contribution in [-0.2, 0) is 0 Å². The average molecular weight is 401 g/mol. The van der Waals surface area contributed by atoms with Crippen LogP contribution in [0.25, 0.3) is 5.69 Å². The summed E-state index contributed by atoms with van der Waals surface area (Å²) in [6.45, 7) is 2.85. The number of hydrogen-bond acceptors (Lipinski definition) is 8. The lowest BCUT2D eigenvalue weighted by molar-refractivity contribution is -0.394. The molecule has 1 heterocycles. The summed E-state index contributed by atoms with van der Waals surface area (Å²) >= 11 is 0. The van der Waals surface area contributed by atoms with E-state index >= 15 is 0 Å². The van der Waals surface area contributed by atoms with Crippen LogP contribution >= 0.6 is 0 Å². The van der Waals surface area contributed by atoms with Crippen LogP contribution in [0, 0.1) is 39.9 Å². The van der Waals surface area contributed by atoms with Crippen molar-refractivity contribution in [1.82, 2.24) is 20.2 Å². The van der Waals surface area contributed by atoms with E-state index in [-0.39, 0.29) is 22.5 Å². The number of benzene rings is 2. The SMILES string of the molecule is Cc1c(C(=O)Nc2ccc(F)c(-n3nnnc3C)c2)cc([N+](=O)[O-])cc1[N+](=O)[O-]. The number of halogens is 1. The highest BCUT2D eigenvalue weighted by Crippen LogP contribution is 2.29. The fourth-order valence-electron chi connectivity index (χ4n) is 2.62. The molecule has 2 aromatic carbocycles. The summed E-state index contributed by atoms with van der Waals surface area (Å²) in [7, 11) is 0. The number of anilines is 1. The zero-order valence-corrected chi connectivity index (χ0v) is 15.0. The fourth-order valence-corrected chi connectivity index (χ4v) is 2.62. The van der Waals surface area contributed by atoms with Crippen molar-refractivity contribution in [1.29, 1.82) is 0 Å². The smallest absolute Gasteiger partial charge is 0.279 e. The number of aryl methyl sites for hydroxylation is 1. The number of amides is 1. The number of hydrogen-bond donors (Lipinski definition) is 1. The third kappa shape index (κ3) is 3.73. The lowest BCUT2D eigenvalue weighted by Gasteiger charge is -2.10. The molecule has 1 aromatic heterocycles. The molecule has 148 valence electrons. The highest BCUT2D eigenvalue weighted by atomic mass is 19.1. The van der Waals surface area contributed by atoms with Crippen molar-refractivity contribution in [3.8, 4) is 5.69 Å². The van der Waals surface area contributed by atoms with Gasteiger partial charge in [0, 0.05) is 17.3 Å². The number of aromatic nitrogens is 4. The van der Waals surface area contributed by atoms with Crippen LogP contribution in [0.15, 0.2) is 30.3 Å². The molecule has 0 aliphatic heterocycles. The van der Waals surface area contributed by atoms with Crippen LogP contribution in [0.3, 0.4) is 0 Å². The molecule has 0 bridgehead atoms. The largest absolute Gasteiger partial charge is 0.322 e. The summed E-state index contributed by atoms with van der Waals surface area (Å²) in [6, 6.07) is 5.32. The third-order valence-corrected chi connectivity index (χ3v) is 4.07. The van der Waals surface area contributed by atoms with Gasteiger partial charge in [-0.3, -0.25) is 25.0 Å². The van der Waals surface area contributed by atoms with Gasteiger partial charge >= 0.3 is 0 Å². The van der Waals surface area contributed by atoms with Gasteiger partial charge in [0.25, 0.3) is 17.3 Å². The van der Waals surface area contributed by atoms with E-state index < -0.39 is 32.9 Å². The summed E-state index contributed by atoms with van der Waals surface area (Å²) in [6.07, 6.45) is 0. The molecule has 3 aromatic rings. The second kappa shape index (κ2) is 7.38. The Hall–Kier alpha value is -4.29. The minimum absolute atomic E-state index is 0.0351. The second-order valence-corrected chi connectivity index (χ2v) is 5.91. The predicted octanol–water partition coefficient (Wildman–Crippen LogP) is 2.49. The molecule has 0 radical (unpaired) electrons. The Morgan fingerprint density at radius 1 is 1.14 bits per heavy atom. The van der Waals surface area contributed by atoms with Crippen LogP contribution in [0.5, 0.6) is 0 Å². The van der Waals surface area contributed by atoms with Gasteiger partial charge in [-0.1, -0.05) is 0 Å². The summed E-state index contributed by atoms with van der Waals surface area (Å²) in [5.41, 5.74) is -1.36. The Kier molecular flexibility index (Phi) is 4.95. The number of tetrazole rings is 1. The maximum atomic E-state index is 14.1. The second-order valence-electron chi connectivity index (χ2n) is 5.91. The van der Waals surface area contributed by atoms with Gasteiger partial charge in [-0.25, -0.2) is 4.39 Å². The molecule has 12 nitrogen and oxygen atoms in total. The first kappa shape index (κ1) is 19.5. The first-order chi connectivity index (χ1) is 13.7. The Balaban J connectivity index is 2.00. The number of non-ortho nitro benzene ring substituents is 1. The zero-order valence-electron chi connectivity index (χ0n) is 15.0. The Bertz CT molecular complexity index is 1160. The Labute approximate surface area is 161 Å². The lowest BCUT2D eigenvalue weighted by atomic mass is 10.0. The maximum absolute atomic E-state index is 14.1. The number of nitrogens with one attached hydrogen (secondary N) is 1. The van der Waals surface area contributed by atoms with E-state index in [1.165, 1.54) is 19.1 Å². The van der Waals surface area contributed by atoms with Crippen molar-refractivity contribution >= 4 is 23.0 Å². The fraction of sp³-hybridized carbons (Fsp3) is 0.125. The highest BCUT2D eigenvalue weighted by molar-refractivity contribution is 6.06. The average Bonchev–Trinajstić information content (AvgIpc) is 3.08. The third-order valence-electron chi connectivity index (χ3n) is 4.07. The number of nitrogens with zero attached hydrogens (tertiary/aromatic N) is 6. The monoisotopic (exact) mass is 401 g/mol. The van der Waals surface area contributed by atoms with E-state index in [0.29, 0.717) is 5.82 Å². The van der Waals surface area contributed by atoms with Crippen LogP contribution < -0.4 is 5.32 Å². The molecule has 0 aliphatic rings. The van der Waals surface area contributed by atoms with Crippen LogP contribution in [0.2, 0.25) is 0 Å². The molecule has 29 heavy (non-hydrogen) atoms. The first-order valence-corrected chi connectivity index (χ1v) is 7.98. The molecule has 13 heteroatoms. The molecular formula is C16H12FN7O5. The van der Waals surface area contributed by atoms with Crippen LogP contribution in [0.4, 0.5) is 21.5 Å². The van der Waals surface area contributed by atoms with Crippen molar-refractivity contribution in [2.75, 3.05) is 5.32 Å². The molecule has 0 saturated heterocycles. The predicted molar refractivity (Wildman–Crippen MR) is 96.3 cm³/mol. The number of nitro benzene ring substituents is 2. The molecule has 0 fully saturated rings. The number of rotatable bonds is 5. The van der Waals surface area contributed by atoms with Gasteiger partial charge < -0.3 is 5.32 Å². The van der Waals surface area contributed by atoms with E-state index in [4.69, 9.17) is 0 Å². The Morgan fingerprint density at radius 2 is 1.86 bits per heavy atom. The van der Waals surface area contributed by atoms with Crippen molar-refractivity contribution in [2.45, 2.75) is 13.8 Å². The van der Waals surface area contributed by atoms with E-state index in [9.17, 15) is 29.4 Å². The topological polar surface area (TPSA) is 159 Å². The standard InChI is InChI=1S/C16H12FN7O5/c1-8-12(6-11(23(26)27)7-14(8)24(28)29)16(25)18-10-3-4-13(17)15(5-10)22-9(2)19-20-21-22/h3-7H,1-2H3,(H,18,25). The molecule has 1 N–H and O–H groups in total. The lowest BCUT2D eigenvalue weighted by Crippen LogP contribution is -2.15. The summed E-state index contributed by atoms with van der Waals surface area (Å²) < 4.78 is 15.3. The van der Waals surface area contributed by atoms with Crippen molar-refractivity contribution in [3.05, 3.63) is 73.3 Å². The van der Waals surface area contributed by atoms with Crippen molar-refractivity contribution in [3.63, 3.8) is 0 Å². The molecule has 0 aliphatic carbocycles. The molecular weight excluding hydrogens is 389 g/mol. The van der Waals surface area contributed by atoms with Gasteiger partial charge in [0.2, 0.25) is 0 Å². The highest BCUT2D eigenvalue weighted by Gasteiger charge is 2.25. The first-order valence-electron chi connectivity index (χ1n) is 7.98. The quantitative estimate of drug-likeness (QED) is 0.504. The van der Waals surface area contributed by atoms with Gasteiger partial charge in [0.1, 0.15) is 11.5 Å². The van der Waals surface area contributed by atoms with Crippen LogP contribution in [-0.4, -0.2) is 36.0 Å². The molecule has 0 unspecified atom stereocenters. The van der Waals surface area contributed by atoms with Crippen LogP contribution in [0.1, 0.15) is 21.7 Å². The van der Waals surface area contributed by atoms with Gasteiger partial charge in [0.05, 0.1) is 21.5 Å². The van der Waals surface area contributed by atoms with Crippen molar-refractivity contribution in [2.24, 2.45) is 0 Å². The van der Waals surface area contributed by atoms with Gasteiger partial charge in [-0.15, -0.1) is 5.10 Å². The summed E-state index contributed by atoms with van der Waals surface area (Å²) in [4.78, 5) is 33.2. The van der Waals surface area contributed by atoms with Gasteiger partial charge in [-0.05, 0) is 42.5 Å². The molecule has 0 spiro atoms. The summed E-state index contributed by atoms with van der Waals surface area (Å²) in [5, 5.41) is 35.4. The minimum Gasteiger partial charge on any atom is -0.322 e. The van der Waals surface area contributed by atoms with Gasteiger partial charge in [0.15, 0.2) is 5.82 Å². The zero-order chi connectivity index (χ0) is 21.3. The summed E-state index contributed by atoms with van der Waals surface area (Å²) in [5.74, 6) is -1.18. The molecule has 3 rings (SSSR count). The number of carbonyl (C=O) groups is 1. The van der Waals surface area contributed by atoms with E-state index in [0.717, 1.165) is 22.9 Å².